The van der Waals surface area contributed by atoms with Crippen LogP contribution in [0.1, 0.15) is 49.8 Å². The number of amides is 1. The minimum atomic E-state index is 0.0253. The van der Waals surface area contributed by atoms with E-state index in [0.717, 1.165) is 56.2 Å². The number of para-hydroxylation sites is 1. The van der Waals surface area contributed by atoms with Crippen LogP contribution >= 0.6 is 0 Å². The van der Waals surface area contributed by atoms with Gasteiger partial charge in [0.25, 0.3) is 5.91 Å². The topological polar surface area (TPSA) is 60.2 Å². The largest absolute Gasteiger partial charge is 0.484 e. The van der Waals surface area contributed by atoms with E-state index in [1.165, 1.54) is 12.8 Å². The first-order valence-corrected chi connectivity index (χ1v) is 9.22. The van der Waals surface area contributed by atoms with Gasteiger partial charge in [-0.25, -0.2) is 0 Å². The zero-order valence-electron chi connectivity index (χ0n) is 14.4. The molecule has 6 nitrogen and oxygen atoms in total. The average molecular weight is 340 g/mol. The molecule has 0 N–H and O–H groups in total. The molecule has 6 heteroatoms. The molecule has 2 aromatic rings. The van der Waals surface area contributed by atoms with Gasteiger partial charge in [0, 0.05) is 19.5 Å². The average Bonchev–Trinajstić information content (AvgIpc) is 3.21. The maximum absolute atomic E-state index is 12.7. The minimum Gasteiger partial charge on any atom is -0.484 e. The third-order valence-corrected chi connectivity index (χ3v) is 5.11. The first-order chi connectivity index (χ1) is 12.3. The van der Waals surface area contributed by atoms with Gasteiger partial charge < -0.3 is 14.2 Å². The lowest BCUT2D eigenvalue weighted by Crippen LogP contribution is -2.35. The summed E-state index contributed by atoms with van der Waals surface area (Å²) in [6.07, 6.45) is 6.52. The van der Waals surface area contributed by atoms with Crippen molar-refractivity contribution in [3.63, 3.8) is 0 Å². The van der Waals surface area contributed by atoms with Crippen LogP contribution in [0.2, 0.25) is 0 Å². The van der Waals surface area contributed by atoms with Crippen molar-refractivity contribution in [2.45, 2.75) is 51.1 Å². The van der Waals surface area contributed by atoms with E-state index < -0.39 is 0 Å². The van der Waals surface area contributed by atoms with Crippen molar-refractivity contribution in [1.82, 2.24) is 19.7 Å². The molecule has 0 unspecified atom stereocenters. The zero-order valence-corrected chi connectivity index (χ0v) is 14.4. The van der Waals surface area contributed by atoms with E-state index in [4.69, 9.17) is 4.74 Å². The first-order valence-electron chi connectivity index (χ1n) is 9.22. The molecule has 2 aliphatic heterocycles. The lowest BCUT2D eigenvalue weighted by Gasteiger charge is -2.24. The number of nitrogens with zero attached hydrogens (tertiary/aromatic N) is 4. The number of rotatable bonds is 4. The molecule has 0 spiro atoms. The highest BCUT2D eigenvalue weighted by atomic mass is 16.5. The summed E-state index contributed by atoms with van der Waals surface area (Å²) in [5.74, 6) is 2.79. The van der Waals surface area contributed by atoms with E-state index in [9.17, 15) is 4.79 Å². The maximum atomic E-state index is 12.7. The molecule has 0 radical (unpaired) electrons. The fourth-order valence-electron chi connectivity index (χ4n) is 3.83. The van der Waals surface area contributed by atoms with E-state index in [0.29, 0.717) is 0 Å². The number of likely N-dealkylation sites (tertiary alicyclic amines) is 1. The van der Waals surface area contributed by atoms with Crippen LogP contribution in [0, 0.1) is 0 Å². The van der Waals surface area contributed by atoms with Gasteiger partial charge in [0.15, 0.2) is 12.4 Å². The molecule has 0 bridgehead atoms. The number of hydrogen-bond acceptors (Lipinski definition) is 4. The number of fused-ring (bicyclic) bond motifs is 1. The van der Waals surface area contributed by atoms with Gasteiger partial charge in [-0.2, -0.15) is 0 Å². The lowest BCUT2D eigenvalue weighted by molar-refractivity contribution is -0.134. The maximum Gasteiger partial charge on any atom is 0.261 e. The Hall–Kier alpha value is -2.37. The Morgan fingerprint density at radius 2 is 1.96 bits per heavy atom. The number of aryl methyl sites for hydroxylation is 1. The predicted octanol–water partition coefficient (Wildman–Crippen LogP) is 2.75. The van der Waals surface area contributed by atoms with Gasteiger partial charge in [-0.05, 0) is 37.8 Å². The van der Waals surface area contributed by atoms with E-state index in [1.807, 2.05) is 35.2 Å². The van der Waals surface area contributed by atoms with Crippen molar-refractivity contribution in [1.29, 1.82) is 0 Å². The van der Waals surface area contributed by atoms with Crippen LogP contribution in [-0.4, -0.2) is 38.7 Å². The van der Waals surface area contributed by atoms with E-state index >= 15 is 0 Å². The molecule has 0 saturated carbocycles. The summed E-state index contributed by atoms with van der Waals surface area (Å²) in [4.78, 5) is 14.6. The quantitative estimate of drug-likeness (QED) is 0.859. The Bertz CT molecular complexity index is 728. The van der Waals surface area contributed by atoms with Gasteiger partial charge >= 0.3 is 0 Å². The normalized spacial score (nSPS) is 20.2. The Morgan fingerprint density at radius 1 is 1.08 bits per heavy atom. The standard InChI is InChI=1S/C19H24N4O2/c24-18(14-25-15-8-3-1-4-9-15)22-13-7-10-16(22)19-21-20-17-11-5-2-6-12-23(17)19/h1,3-4,8-9,16H,2,5-7,10-14H2/t16-/m1/s1. The summed E-state index contributed by atoms with van der Waals surface area (Å²) in [6.45, 7) is 1.81. The molecule has 0 aliphatic carbocycles. The Morgan fingerprint density at radius 3 is 2.84 bits per heavy atom. The monoisotopic (exact) mass is 340 g/mol. The molecule has 1 aromatic heterocycles. The van der Waals surface area contributed by atoms with Gasteiger partial charge in [0.05, 0.1) is 6.04 Å². The second-order valence-electron chi connectivity index (χ2n) is 6.78. The summed E-state index contributed by atoms with van der Waals surface area (Å²) in [6, 6.07) is 9.52. The number of benzene rings is 1. The lowest BCUT2D eigenvalue weighted by atomic mass is 10.2. The van der Waals surface area contributed by atoms with Crippen molar-refractivity contribution < 1.29 is 9.53 Å². The molecule has 132 valence electrons. The van der Waals surface area contributed by atoms with Gasteiger partial charge in [-0.3, -0.25) is 4.79 Å². The summed E-state index contributed by atoms with van der Waals surface area (Å²) < 4.78 is 7.90. The predicted molar refractivity (Wildman–Crippen MR) is 93.2 cm³/mol. The molecule has 4 rings (SSSR count). The Balaban J connectivity index is 1.47. The van der Waals surface area contributed by atoms with Crippen LogP contribution in [0.25, 0.3) is 0 Å². The van der Waals surface area contributed by atoms with E-state index in [1.54, 1.807) is 0 Å². The van der Waals surface area contributed by atoms with E-state index in [-0.39, 0.29) is 18.6 Å². The highest BCUT2D eigenvalue weighted by Crippen LogP contribution is 2.32. The highest BCUT2D eigenvalue weighted by Gasteiger charge is 2.34. The summed E-state index contributed by atoms with van der Waals surface area (Å²) in [5, 5.41) is 8.84. The third-order valence-electron chi connectivity index (χ3n) is 5.11. The van der Waals surface area contributed by atoms with Crippen LogP contribution < -0.4 is 4.74 Å². The van der Waals surface area contributed by atoms with Crippen LogP contribution in [0.5, 0.6) is 5.75 Å². The van der Waals surface area contributed by atoms with Gasteiger partial charge in [-0.15, -0.1) is 10.2 Å². The number of carbonyl (C=O) groups excluding carboxylic acids is 1. The molecular weight excluding hydrogens is 316 g/mol. The molecule has 25 heavy (non-hydrogen) atoms. The highest BCUT2D eigenvalue weighted by molar-refractivity contribution is 5.78. The van der Waals surface area contributed by atoms with Crippen molar-refractivity contribution in [3.8, 4) is 5.75 Å². The summed E-state index contributed by atoms with van der Waals surface area (Å²) >= 11 is 0. The van der Waals surface area contributed by atoms with Crippen molar-refractivity contribution >= 4 is 5.91 Å². The molecule has 2 aliphatic rings. The third kappa shape index (κ3) is 3.38. The van der Waals surface area contributed by atoms with Crippen molar-refractivity contribution in [2.24, 2.45) is 0 Å². The molecule has 1 saturated heterocycles. The van der Waals surface area contributed by atoms with Crippen LogP contribution in [0.3, 0.4) is 0 Å². The Kier molecular flexibility index (Phi) is 4.68. The van der Waals surface area contributed by atoms with Crippen LogP contribution in [0.15, 0.2) is 30.3 Å². The first kappa shape index (κ1) is 16.1. The van der Waals surface area contributed by atoms with Gasteiger partial charge in [-0.1, -0.05) is 24.6 Å². The second-order valence-corrected chi connectivity index (χ2v) is 6.78. The molecule has 1 aromatic carbocycles. The molecule has 3 heterocycles. The molecule has 1 amide bonds. The molecule has 1 fully saturated rings. The summed E-state index contributed by atoms with van der Waals surface area (Å²) in [7, 11) is 0. The number of hydrogen-bond donors (Lipinski definition) is 0. The number of ether oxygens (including phenoxy) is 1. The smallest absolute Gasteiger partial charge is 0.261 e. The fourth-order valence-corrected chi connectivity index (χ4v) is 3.83. The Labute approximate surface area is 147 Å². The SMILES string of the molecule is O=C(COc1ccccc1)N1CCC[C@@H]1c1nnc2n1CCCCC2. The van der Waals surface area contributed by atoms with E-state index in [2.05, 4.69) is 14.8 Å². The fraction of sp³-hybridized carbons (Fsp3) is 0.526. The van der Waals surface area contributed by atoms with Gasteiger partial charge in [0.1, 0.15) is 11.6 Å². The zero-order chi connectivity index (χ0) is 17.1. The second kappa shape index (κ2) is 7.25. The van der Waals surface area contributed by atoms with Crippen LogP contribution in [-0.2, 0) is 17.8 Å². The summed E-state index contributed by atoms with van der Waals surface area (Å²) in [5.41, 5.74) is 0. The van der Waals surface area contributed by atoms with Gasteiger partial charge in [0.2, 0.25) is 0 Å². The number of aromatic nitrogens is 3. The number of carbonyl (C=O) groups is 1. The van der Waals surface area contributed by atoms with Crippen LogP contribution in [0.4, 0.5) is 0 Å². The molecular formula is C19H24N4O2. The molecule has 1 atom stereocenters. The van der Waals surface area contributed by atoms with Crippen molar-refractivity contribution in [2.75, 3.05) is 13.2 Å². The minimum absolute atomic E-state index is 0.0253. The van der Waals surface area contributed by atoms with Crippen molar-refractivity contribution in [3.05, 3.63) is 42.0 Å².